The number of carbonyl (C=O) groups is 1. The van der Waals surface area contributed by atoms with Crippen molar-refractivity contribution in [1.29, 1.82) is 0 Å². The van der Waals surface area contributed by atoms with Crippen molar-refractivity contribution in [3.8, 4) is 11.5 Å². The lowest BCUT2D eigenvalue weighted by molar-refractivity contribution is -0.132. The molecule has 0 fully saturated rings. The van der Waals surface area contributed by atoms with Gasteiger partial charge in [0.2, 0.25) is 0 Å². The van der Waals surface area contributed by atoms with Crippen LogP contribution in [0.2, 0.25) is 0 Å². The zero-order valence-electron chi connectivity index (χ0n) is 8.24. The van der Waals surface area contributed by atoms with Crippen molar-refractivity contribution in [3.63, 3.8) is 0 Å². The fourth-order valence-corrected chi connectivity index (χ4v) is 1.03. The molecule has 0 atom stereocenters. The summed E-state index contributed by atoms with van der Waals surface area (Å²) in [5.41, 5.74) is 6.14. The molecule has 0 saturated carbocycles. The summed E-state index contributed by atoms with van der Waals surface area (Å²) in [7, 11) is 0. The van der Waals surface area contributed by atoms with Crippen molar-refractivity contribution in [2.45, 2.75) is 13.8 Å². The predicted molar refractivity (Wildman–Crippen MR) is 53.3 cm³/mol. The van der Waals surface area contributed by atoms with Gasteiger partial charge in [-0.3, -0.25) is 4.79 Å². The maximum Gasteiger partial charge on any atom is 0.308 e. The second-order valence-electron chi connectivity index (χ2n) is 2.73. The minimum Gasteiger partial charge on any atom is -0.490 e. The van der Waals surface area contributed by atoms with E-state index in [0.29, 0.717) is 23.8 Å². The van der Waals surface area contributed by atoms with Gasteiger partial charge in [0.1, 0.15) is 0 Å². The van der Waals surface area contributed by atoms with E-state index in [4.69, 9.17) is 15.2 Å². The number of hydrogen-bond acceptors (Lipinski definition) is 4. The molecule has 0 radical (unpaired) electrons. The Balaban J connectivity index is 2.95. The molecular weight excluding hydrogens is 182 g/mol. The summed E-state index contributed by atoms with van der Waals surface area (Å²) in [4.78, 5) is 10.7. The van der Waals surface area contributed by atoms with Gasteiger partial charge in [0.15, 0.2) is 11.5 Å². The second kappa shape index (κ2) is 4.50. The summed E-state index contributed by atoms with van der Waals surface area (Å²) in [6, 6.07) is 4.89. The Morgan fingerprint density at radius 3 is 2.71 bits per heavy atom. The summed E-state index contributed by atoms with van der Waals surface area (Å²) in [5.74, 6) is 0.506. The van der Waals surface area contributed by atoms with Crippen LogP contribution in [0.3, 0.4) is 0 Å². The van der Waals surface area contributed by atoms with Gasteiger partial charge in [0.05, 0.1) is 6.61 Å². The lowest BCUT2D eigenvalue weighted by Gasteiger charge is -2.09. The van der Waals surface area contributed by atoms with Crippen LogP contribution in [-0.2, 0) is 4.79 Å². The molecule has 0 aromatic heterocycles. The monoisotopic (exact) mass is 195 g/mol. The Morgan fingerprint density at radius 2 is 2.14 bits per heavy atom. The Labute approximate surface area is 82.6 Å². The van der Waals surface area contributed by atoms with Gasteiger partial charge < -0.3 is 15.2 Å². The number of ether oxygens (including phenoxy) is 2. The largest absolute Gasteiger partial charge is 0.490 e. The van der Waals surface area contributed by atoms with Crippen molar-refractivity contribution in [1.82, 2.24) is 0 Å². The summed E-state index contributed by atoms with van der Waals surface area (Å²) in [6.45, 7) is 3.69. The number of rotatable bonds is 3. The van der Waals surface area contributed by atoms with Crippen molar-refractivity contribution in [2.75, 3.05) is 12.3 Å². The molecule has 0 bridgehead atoms. The van der Waals surface area contributed by atoms with Crippen LogP contribution in [-0.4, -0.2) is 12.6 Å². The zero-order valence-corrected chi connectivity index (χ0v) is 8.24. The topological polar surface area (TPSA) is 61.6 Å². The Morgan fingerprint density at radius 1 is 1.43 bits per heavy atom. The van der Waals surface area contributed by atoms with E-state index in [9.17, 15) is 4.79 Å². The Bertz CT molecular complexity index is 336. The van der Waals surface area contributed by atoms with Gasteiger partial charge in [-0.1, -0.05) is 0 Å². The first kappa shape index (κ1) is 10.4. The van der Waals surface area contributed by atoms with Gasteiger partial charge in [0.25, 0.3) is 0 Å². The number of benzene rings is 1. The number of carbonyl (C=O) groups excluding carboxylic acids is 1. The molecule has 0 aliphatic heterocycles. The maximum absolute atomic E-state index is 10.7. The molecule has 4 nitrogen and oxygen atoms in total. The maximum atomic E-state index is 10.7. The van der Waals surface area contributed by atoms with E-state index in [2.05, 4.69) is 0 Å². The van der Waals surface area contributed by atoms with Crippen molar-refractivity contribution < 1.29 is 14.3 Å². The molecule has 1 aromatic rings. The molecule has 14 heavy (non-hydrogen) atoms. The third-order valence-electron chi connectivity index (χ3n) is 1.52. The third kappa shape index (κ3) is 2.65. The number of anilines is 1. The van der Waals surface area contributed by atoms with Crippen LogP contribution in [0.15, 0.2) is 18.2 Å². The minimum absolute atomic E-state index is 0.379. The lowest BCUT2D eigenvalue weighted by Crippen LogP contribution is -2.04. The second-order valence-corrected chi connectivity index (χ2v) is 2.73. The van der Waals surface area contributed by atoms with Gasteiger partial charge in [-0.25, -0.2) is 0 Å². The third-order valence-corrected chi connectivity index (χ3v) is 1.52. The highest BCUT2D eigenvalue weighted by atomic mass is 16.6. The number of hydrogen-bond donors (Lipinski definition) is 1. The van der Waals surface area contributed by atoms with E-state index in [0.717, 1.165) is 0 Å². The van der Waals surface area contributed by atoms with Crippen LogP contribution in [0.5, 0.6) is 11.5 Å². The molecule has 1 aromatic carbocycles. The minimum atomic E-state index is -0.379. The molecule has 0 amide bonds. The molecule has 0 aliphatic rings. The average Bonchev–Trinajstić information content (AvgIpc) is 2.09. The first-order valence-electron chi connectivity index (χ1n) is 4.34. The van der Waals surface area contributed by atoms with Crippen LogP contribution in [0.25, 0.3) is 0 Å². The van der Waals surface area contributed by atoms with E-state index >= 15 is 0 Å². The van der Waals surface area contributed by atoms with Crippen LogP contribution < -0.4 is 15.2 Å². The van der Waals surface area contributed by atoms with Crippen molar-refractivity contribution in [3.05, 3.63) is 18.2 Å². The van der Waals surface area contributed by atoms with E-state index < -0.39 is 0 Å². The quantitative estimate of drug-likeness (QED) is 0.452. The van der Waals surface area contributed by atoms with E-state index in [-0.39, 0.29) is 5.97 Å². The first-order valence-corrected chi connectivity index (χ1v) is 4.34. The van der Waals surface area contributed by atoms with E-state index in [1.54, 1.807) is 18.2 Å². The first-order chi connectivity index (χ1) is 6.63. The Hall–Kier alpha value is -1.71. The molecule has 0 aliphatic carbocycles. The van der Waals surface area contributed by atoms with Gasteiger partial charge in [-0.05, 0) is 19.1 Å². The number of nitrogens with two attached hydrogens (primary N) is 1. The molecule has 2 N–H and O–H groups in total. The van der Waals surface area contributed by atoms with Crippen molar-refractivity contribution in [2.24, 2.45) is 0 Å². The van der Waals surface area contributed by atoms with Gasteiger partial charge in [0, 0.05) is 18.7 Å². The molecule has 0 saturated heterocycles. The van der Waals surface area contributed by atoms with Gasteiger partial charge in [-0.2, -0.15) is 0 Å². The fourth-order valence-electron chi connectivity index (χ4n) is 1.03. The predicted octanol–water partition coefficient (Wildman–Crippen LogP) is 1.59. The summed E-state index contributed by atoms with van der Waals surface area (Å²) in [6.07, 6.45) is 0. The number of nitrogen functional groups attached to an aromatic ring is 1. The average molecular weight is 195 g/mol. The number of esters is 1. The molecule has 4 heteroatoms. The highest BCUT2D eigenvalue weighted by Gasteiger charge is 2.07. The van der Waals surface area contributed by atoms with Crippen LogP contribution in [0.4, 0.5) is 5.69 Å². The zero-order chi connectivity index (χ0) is 10.6. The molecule has 0 heterocycles. The fraction of sp³-hybridized carbons (Fsp3) is 0.300. The molecular formula is C10H13NO3. The normalized spacial score (nSPS) is 9.57. The summed E-state index contributed by atoms with van der Waals surface area (Å²) >= 11 is 0. The SMILES string of the molecule is CCOc1cc(N)ccc1OC(C)=O. The van der Waals surface area contributed by atoms with Gasteiger partial charge >= 0.3 is 5.97 Å². The van der Waals surface area contributed by atoms with Gasteiger partial charge in [-0.15, -0.1) is 0 Å². The van der Waals surface area contributed by atoms with Crippen LogP contribution >= 0.6 is 0 Å². The van der Waals surface area contributed by atoms with E-state index in [1.807, 2.05) is 6.92 Å². The standard InChI is InChI=1S/C10H13NO3/c1-3-13-10-6-8(11)4-5-9(10)14-7(2)12/h4-6H,3,11H2,1-2H3. The molecule has 76 valence electrons. The Kier molecular flexibility index (Phi) is 3.34. The highest BCUT2D eigenvalue weighted by molar-refractivity contribution is 5.71. The molecule has 0 spiro atoms. The van der Waals surface area contributed by atoms with E-state index in [1.165, 1.54) is 6.92 Å². The smallest absolute Gasteiger partial charge is 0.308 e. The van der Waals surface area contributed by atoms with Crippen LogP contribution in [0.1, 0.15) is 13.8 Å². The van der Waals surface area contributed by atoms with Crippen molar-refractivity contribution >= 4 is 11.7 Å². The summed E-state index contributed by atoms with van der Waals surface area (Å²) in [5, 5.41) is 0. The molecule has 0 unspecified atom stereocenters. The highest BCUT2D eigenvalue weighted by Crippen LogP contribution is 2.29. The lowest BCUT2D eigenvalue weighted by atomic mass is 10.3. The van der Waals surface area contributed by atoms with Crippen LogP contribution in [0, 0.1) is 0 Å². The summed E-state index contributed by atoms with van der Waals surface area (Å²) < 4.78 is 10.2. The molecule has 1 rings (SSSR count).